The number of carbonyl (C=O) groups is 2. The number of ether oxygens (including phenoxy) is 2. The van der Waals surface area contributed by atoms with Crippen molar-refractivity contribution in [1.82, 2.24) is 20.0 Å². The summed E-state index contributed by atoms with van der Waals surface area (Å²) in [5.74, 6) is 0.355. The molecular weight excluding hydrogens is 427 g/mol. The van der Waals surface area contributed by atoms with Crippen LogP contribution in [0.1, 0.15) is 68.1 Å². The number of methoxy groups -OCH3 is 1. The Hall–Kier alpha value is -3.10. The van der Waals surface area contributed by atoms with Crippen LogP contribution in [0, 0.1) is 5.82 Å². The van der Waals surface area contributed by atoms with Crippen molar-refractivity contribution >= 4 is 12.0 Å². The van der Waals surface area contributed by atoms with Crippen LogP contribution in [0.2, 0.25) is 0 Å². The number of benzene rings is 1. The van der Waals surface area contributed by atoms with E-state index in [1.807, 2.05) is 20.8 Å². The molecule has 3 heterocycles. The maximum absolute atomic E-state index is 15.0. The van der Waals surface area contributed by atoms with Crippen molar-refractivity contribution in [3.63, 3.8) is 0 Å². The van der Waals surface area contributed by atoms with Gasteiger partial charge in [0.05, 0.1) is 31.0 Å². The summed E-state index contributed by atoms with van der Waals surface area (Å²) >= 11 is 0. The molecule has 3 aliphatic rings. The minimum Gasteiger partial charge on any atom is -0.494 e. The maximum Gasteiger partial charge on any atom is 0.410 e. The fourth-order valence-corrected chi connectivity index (χ4v) is 4.78. The molecule has 1 fully saturated rings. The van der Waals surface area contributed by atoms with Gasteiger partial charge in [0.25, 0.3) is 0 Å². The van der Waals surface area contributed by atoms with Crippen LogP contribution in [-0.4, -0.2) is 52.5 Å². The molecule has 5 rings (SSSR count). The molecule has 1 aromatic carbocycles. The van der Waals surface area contributed by atoms with E-state index in [0.29, 0.717) is 35.7 Å². The Morgan fingerprint density at radius 2 is 2.03 bits per heavy atom. The molecule has 0 spiro atoms. The zero-order chi connectivity index (χ0) is 23.5. The lowest BCUT2D eigenvalue weighted by Crippen LogP contribution is -2.46. The molecular formula is C24H29FN4O4. The summed E-state index contributed by atoms with van der Waals surface area (Å²) in [5, 5.41) is 7.61. The molecule has 2 amide bonds. The number of aromatic nitrogens is 2. The summed E-state index contributed by atoms with van der Waals surface area (Å²) in [6, 6.07) is 2.84. The smallest absolute Gasteiger partial charge is 0.410 e. The quantitative estimate of drug-likeness (QED) is 0.765. The molecule has 0 bridgehead atoms. The zero-order valence-corrected chi connectivity index (χ0v) is 19.4. The van der Waals surface area contributed by atoms with Crippen LogP contribution in [0.5, 0.6) is 5.75 Å². The van der Waals surface area contributed by atoms with E-state index in [-0.39, 0.29) is 30.6 Å². The molecule has 1 aliphatic carbocycles. The lowest BCUT2D eigenvalue weighted by Gasteiger charge is -2.36. The highest BCUT2D eigenvalue weighted by Crippen LogP contribution is 2.44. The van der Waals surface area contributed by atoms with E-state index in [1.54, 1.807) is 22.8 Å². The van der Waals surface area contributed by atoms with Crippen LogP contribution in [0.3, 0.4) is 0 Å². The third kappa shape index (κ3) is 3.94. The molecule has 1 atom stereocenters. The molecule has 33 heavy (non-hydrogen) atoms. The molecule has 9 heteroatoms. The SMILES string of the molecule is COc1cc(C2CC2)c(F)cc1-n1nc2c3c1CCN(C(=O)OC(C)(C)C)C3CNC(=O)C2. The van der Waals surface area contributed by atoms with Crippen molar-refractivity contribution in [2.45, 2.75) is 64.0 Å². The number of nitrogens with one attached hydrogen (secondary N) is 1. The lowest BCUT2D eigenvalue weighted by atomic mass is 9.96. The summed E-state index contributed by atoms with van der Waals surface area (Å²) in [6.07, 6.45) is 2.14. The number of hydrogen-bond donors (Lipinski definition) is 1. The van der Waals surface area contributed by atoms with Gasteiger partial charge in [-0.1, -0.05) is 0 Å². The Morgan fingerprint density at radius 1 is 1.27 bits per heavy atom. The summed E-state index contributed by atoms with van der Waals surface area (Å²) in [5.41, 5.74) is 2.83. The predicted octanol–water partition coefficient (Wildman–Crippen LogP) is 3.40. The highest BCUT2D eigenvalue weighted by atomic mass is 19.1. The van der Waals surface area contributed by atoms with Gasteiger partial charge in [-0.15, -0.1) is 0 Å². The average molecular weight is 457 g/mol. The highest BCUT2D eigenvalue weighted by Gasteiger charge is 2.40. The first-order valence-corrected chi connectivity index (χ1v) is 11.4. The van der Waals surface area contributed by atoms with E-state index < -0.39 is 17.7 Å². The molecule has 2 aromatic rings. The first-order chi connectivity index (χ1) is 15.7. The second-order valence-electron chi connectivity index (χ2n) is 9.96. The van der Waals surface area contributed by atoms with E-state index >= 15 is 0 Å². The Morgan fingerprint density at radius 3 is 2.70 bits per heavy atom. The molecule has 1 N–H and O–H groups in total. The molecule has 1 saturated carbocycles. The van der Waals surface area contributed by atoms with Crippen molar-refractivity contribution in [1.29, 1.82) is 0 Å². The minimum absolute atomic E-state index is 0.0962. The Balaban J connectivity index is 1.60. The first-order valence-electron chi connectivity index (χ1n) is 11.4. The Kier molecular flexibility index (Phi) is 5.10. The topological polar surface area (TPSA) is 85.7 Å². The van der Waals surface area contributed by atoms with Crippen LogP contribution in [-0.2, 0) is 22.4 Å². The molecule has 2 aliphatic heterocycles. The standard InChI is InChI=1S/C24H29FN4O4/c1-24(2,3)33-23(31)28-8-7-17-22-16(11-21(30)26-12-19(22)28)27-29(17)18-10-15(25)14(13-5-6-13)9-20(18)32-4/h9-10,13,19H,5-8,11-12H2,1-4H3,(H,26,30). The van der Waals surface area contributed by atoms with Gasteiger partial charge < -0.3 is 14.8 Å². The molecule has 0 radical (unpaired) electrons. The summed E-state index contributed by atoms with van der Waals surface area (Å²) < 4.78 is 27.9. The first kappa shape index (κ1) is 21.7. The Bertz CT molecular complexity index is 1130. The van der Waals surface area contributed by atoms with E-state index in [4.69, 9.17) is 14.6 Å². The number of halogens is 1. The van der Waals surface area contributed by atoms with Gasteiger partial charge in [0, 0.05) is 31.1 Å². The summed E-state index contributed by atoms with van der Waals surface area (Å²) in [6.45, 7) is 6.15. The van der Waals surface area contributed by atoms with Gasteiger partial charge in [0.2, 0.25) is 5.91 Å². The summed E-state index contributed by atoms with van der Waals surface area (Å²) in [4.78, 5) is 27.0. The maximum atomic E-state index is 15.0. The van der Waals surface area contributed by atoms with Gasteiger partial charge in [-0.3, -0.25) is 9.69 Å². The molecule has 8 nitrogen and oxygen atoms in total. The number of carbonyl (C=O) groups excluding carboxylic acids is 2. The van der Waals surface area contributed by atoms with Crippen molar-refractivity contribution in [2.75, 3.05) is 20.2 Å². The van der Waals surface area contributed by atoms with Crippen LogP contribution in [0.4, 0.5) is 9.18 Å². The summed E-state index contributed by atoms with van der Waals surface area (Å²) in [7, 11) is 1.56. The van der Waals surface area contributed by atoms with E-state index in [1.165, 1.54) is 6.07 Å². The van der Waals surface area contributed by atoms with Gasteiger partial charge in [-0.25, -0.2) is 13.9 Å². The molecule has 1 aromatic heterocycles. The minimum atomic E-state index is -0.632. The van der Waals surface area contributed by atoms with Gasteiger partial charge in [0.15, 0.2) is 0 Å². The van der Waals surface area contributed by atoms with Crippen molar-refractivity contribution in [3.8, 4) is 11.4 Å². The number of rotatable bonds is 3. The normalized spacial score (nSPS) is 20.1. The van der Waals surface area contributed by atoms with Crippen LogP contribution in [0.15, 0.2) is 12.1 Å². The lowest BCUT2D eigenvalue weighted by molar-refractivity contribution is -0.120. The largest absolute Gasteiger partial charge is 0.494 e. The second-order valence-corrected chi connectivity index (χ2v) is 9.96. The number of nitrogens with zero attached hydrogens (tertiary/aromatic N) is 3. The fraction of sp³-hybridized carbons (Fsp3) is 0.542. The van der Waals surface area contributed by atoms with Gasteiger partial charge in [0.1, 0.15) is 22.9 Å². The molecule has 1 unspecified atom stereocenters. The van der Waals surface area contributed by atoms with Crippen LogP contribution in [0.25, 0.3) is 5.69 Å². The average Bonchev–Trinajstić information content (AvgIpc) is 3.54. The third-order valence-corrected chi connectivity index (χ3v) is 6.39. The van der Waals surface area contributed by atoms with E-state index in [0.717, 1.165) is 24.1 Å². The van der Waals surface area contributed by atoms with Crippen LogP contribution < -0.4 is 10.1 Å². The highest BCUT2D eigenvalue weighted by molar-refractivity contribution is 5.80. The zero-order valence-electron chi connectivity index (χ0n) is 19.4. The van der Waals surface area contributed by atoms with Crippen molar-refractivity contribution in [2.24, 2.45) is 0 Å². The third-order valence-electron chi connectivity index (χ3n) is 6.39. The van der Waals surface area contributed by atoms with Crippen molar-refractivity contribution < 1.29 is 23.5 Å². The fourth-order valence-electron chi connectivity index (χ4n) is 4.78. The predicted molar refractivity (Wildman–Crippen MR) is 118 cm³/mol. The monoisotopic (exact) mass is 456 g/mol. The van der Waals surface area contributed by atoms with Gasteiger partial charge in [-0.2, -0.15) is 5.10 Å². The molecule has 0 saturated heterocycles. The van der Waals surface area contributed by atoms with Gasteiger partial charge in [-0.05, 0) is 51.2 Å². The molecule has 176 valence electrons. The second kappa shape index (κ2) is 7.74. The number of amides is 2. The van der Waals surface area contributed by atoms with Crippen molar-refractivity contribution in [3.05, 3.63) is 40.5 Å². The van der Waals surface area contributed by atoms with Crippen LogP contribution >= 0.6 is 0 Å². The number of hydrogen-bond acceptors (Lipinski definition) is 5. The van der Waals surface area contributed by atoms with Gasteiger partial charge >= 0.3 is 6.09 Å². The van der Waals surface area contributed by atoms with E-state index in [9.17, 15) is 14.0 Å². The Labute approximate surface area is 192 Å². The van der Waals surface area contributed by atoms with E-state index in [2.05, 4.69) is 5.32 Å².